The zero-order valence-electron chi connectivity index (χ0n) is 10.6. The monoisotopic (exact) mass is 374 g/mol. The average Bonchev–Trinajstić information content (AvgIpc) is 2.65. The van der Waals surface area contributed by atoms with Crippen LogP contribution in [-0.4, -0.2) is 11.4 Å². The fourth-order valence-corrected chi connectivity index (χ4v) is 3.58. The Hall–Kier alpha value is 0.140. The molecule has 0 aromatic heterocycles. The predicted octanol–water partition coefficient (Wildman–Crippen LogP) is 5.62. The van der Waals surface area contributed by atoms with Gasteiger partial charge in [-0.3, -0.25) is 0 Å². The molecule has 0 N–H and O–H groups in total. The Bertz CT molecular complexity index is 359. The molecule has 1 aliphatic rings. The van der Waals surface area contributed by atoms with E-state index in [0.717, 1.165) is 9.80 Å². The molecule has 3 heteroatoms. The Morgan fingerprint density at radius 3 is 2.39 bits per heavy atom. The number of halogens is 2. The highest BCUT2D eigenvalue weighted by Gasteiger charge is 2.20. The van der Waals surface area contributed by atoms with E-state index in [2.05, 4.69) is 50.1 Å². The van der Waals surface area contributed by atoms with Crippen molar-refractivity contribution in [2.24, 2.45) is 0 Å². The fraction of sp³-hybridized carbons (Fsp3) is 0.600. The standard InChI is InChI=1S/C15H20Br2O/c16-11-15(13-9-5-6-10-14(13)17)18-12-7-3-1-2-4-8-12/h5-6,9-10,12,15H,1-4,7-8,11H2. The molecule has 0 saturated heterocycles. The van der Waals surface area contributed by atoms with Gasteiger partial charge in [0.25, 0.3) is 0 Å². The van der Waals surface area contributed by atoms with Crippen molar-refractivity contribution in [3.63, 3.8) is 0 Å². The lowest BCUT2D eigenvalue weighted by Gasteiger charge is -2.23. The van der Waals surface area contributed by atoms with Crippen LogP contribution < -0.4 is 0 Å². The van der Waals surface area contributed by atoms with E-state index >= 15 is 0 Å². The summed E-state index contributed by atoms with van der Waals surface area (Å²) >= 11 is 7.20. The van der Waals surface area contributed by atoms with Crippen LogP contribution in [-0.2, 0) is 4.74 Å². The maximum atomic E-state index is 6.31. The lowest BCUT2D eigenvalue weighted by Crippen LogP contribution is -2.17. The number of hydrogen-bond donors (Lipinski definition) is 0. The Labute approximate surface area is 127 Å². The molecule has 1 unspecified atom stereocenters. The molecule has 1 saturated carbocycles. The molecule has 2 rings (SSSR count). The lowest BCUT2D eigenvalue weighted by molar-refractivity contribution is -0.00824. The Kier molecular flexibility index (Phi) is 6.19. The summed E-state index contributed by atoms with van der Waals surface area (Å²) in [5.41, 5.74) is 1.25. The molecule has 1 aliphatic carbocycles. The molecule has 0 bridgehead atoms. The van der Waals surface area contributed by atoms with E-state index in [1.807, 2.05) is 6.07 Å². The third-order valence-electron chi connectivity index (χ3n) is 3.55. The summed E-state index contributed by atoms with van der Waals surface area (Å²) in [5.74, 6) is 0. The first-order chi connectivity index (χ1) is 8.81. The fourth-order valence-electron chi connectivity index (χ4n) is 2.54. The van der Waals surface area contributed by atoms with Crippen molar-refractivity contribution < 1.29 is 4.74 Å². The number of benzene rings is 1. The summed E-state index contributed by atoms with van der Waals surface area (Å²) in [7, 11) is 0. The summed E-state index contributed by atoms with van der Waals surface area (Å²) < 4.78 is 7.45. The van der Waals surface area contributed by atoms with Gasteiger partial charge in [-0.05, 0) is 24.5 Å². The van der Waals surface area contributed by atoms with Gasteiger partial charge in [0, 0.05) is 9.80 Å². The Balaban J connectivity index is 2.02. The van der Waals surface area contributed by atoms with Crippen LogP contribution in [0.4, 0.5) is 0 Å². The minimum Gasteiger partial charge on any atom is -0.369 e. The predicted molar refractivity (Wildman–Crippen MR) is 83.3 cm³/mol. The Morgan fingerprint density at radius 2 is 1.78 bits per heavy atom. The molecule has 1 fully saturated rings. The van der Waals surface area contributed by atoms with Gasteiger partial charge < -0.3 is 4.74 Å². The van der Waals surface area contributed by atoms with E-state index < -0.39 is 0 Å². The van der Waals surface area contributed by atoms with Gasteiger partial charge in [0.15, 0.2) is 0 Å². The normalized spacial score (nSPS) is 19.4. The second-order valence-corrected chi connectivity index (χ2v) is 6.42. The van der Waals surface area contributed by atoms with Crippen LogP contribution in [0, 0.1) is 0 Å². The molecule has 18 heavy (non-hydrogen) atoms. The van der Waals surface area contributed by atoms with Crippen LogP contribution in [0.2, 0.25) is 0 Å². The zero-order valence-corrected chi connectivity index (χ0v) is 13.8. The van der Waals surface area contributed by atoms with Crippen LogP contribution in [0.25, 0.3) is 0 Å². The highest BCUT2D eigenvalue weighted by atomic mass is 79.9. The molecule has 0 spiro atoms. The highest BCUT2D eigenvalue weighted by molar-refractivity contribution is 9.10. The van der Waals surface area contributed by atoms with Crippen LogP contribution in [0.3, 0.4) is 0 Å². The summed E-state index contributed by atoms with van der Waals surface area (Å²) in [6.45, 7) is 0. The molecule has 0 amide bonds. The second kappa shape index (κ2) is 7.66. The molecule has 1 nitrogen and oxygen atoms in total. The van der Waals surface area contributed by atoms with Crippen LogP contribution in [0.15, 0.2) is 28.7 Å². The number of alkyl halides is 1. The van der Waals surface area contributed by atoms with Crippen molar-refractivity contribution in [2.75, 3.05) is 5.33 Å². The van der Waals surface area contributed by atoms with E-state index in [-0.39, 0.29) is 6.10 Å². The Morgan fingerprint density at radius 1 is 1.11 bits per heavy atom. The largest absolute Gasteiger partial charge is 0.369 e. The van der Waals surface area contributed by atoms with Crippen molar-refractivity contribution in [3.05, 3.63) is 34.3 Å². The first kappa shape index (κ1) is 14.5. The van der Waals surface area contributed by atoms with Gasteiger partial charge in [-0.2, -0.15) is 0 Å². The third kappa shape index (κ3) is 4.07. The molecule has 1 aromatic rings. The number of ether oxygens (including phenoxy) is 1. The minimum atomic E-state index is 0.156. The maximum Gasteiger partial charge on any atom is 0.0936 e. The molecule has 0 radical (unpaired) electrons. The topological polar surface area (TPSA) is 9.23 Å². The summed E-state index contributed by atoms with van der Waals surface area (Å²) in [6, 6.07) is 8.35. The van der Waals surface area contributed by atoms with Crippen molar-refractivity contribution in [2.45, 2.75) is 50.7 Å². The van der Waals surface area contributed by atoms with Crippen molar-refractivity contribution in [3.8, 4) is 0 Å². The molecule has 0 heterocycles. The van der Waals surface area contributed by atoms with E-state index in [1.165, 1.54) is 44.1 Å². The molecule has 1 aromatic carbocycles. The van der Waals surface area contributed by atoms with Gasteiger partial charge in [0.1, 0.15) is 0 Å². The molecule has 1 atom stereocenters. The zero-order chi connectivity index (χ0) is 12.8. The smallest absolute Gasteiger partial charge is 0.0936 e. The third-order valence-corrected chi connectivity index (χ3v) is 4.86. The molecular formula is C15H20Br2O. The van der Waals surface area contributed by atoms with E-state index in [9.17, 15) is 0 Å². The average molecular weight is 376 g/mol. The minimum absolute atomic E-state index is 0.156. The number of hydrogen-bond acceptors (Lipinski definition) is 1. The second-order valence-electron chi connectivity index (χ2n) is 4.91. The van der Waals surface area contributed by atoms with E-state index in [4.69, 9.17) is 4.74 Å². The van der Waals surface area contributed by atoms with Gasteiger partial charge in [-0.1, -0.05) is 75.7 Å². The van der Waals surface area contributed by atoms with Crippen LogP contribution in [0.1, 0.15) is 50.2 Å². The van der Waals surface area contributed by atoms with Crippen LogP contribution in [0.5, 0.6) is 0 Å². The summed E-state index contributed by atoms with van der Waals surface area (Å²) in [6.07, 6.45) is 8.39. The highest BCUT2D eigenvalue weighted by Crippen LogP contribution is 2.31. The number of rotatable bonds is 4. The van der Waals surface area contributed by atoms with Crippen molar-refractivity contribution in [1.29, 1.82) is 0 Å². The summed E-state index contributed by atoms with van der Waals surface area (Å²) in [4.78, 5) is 0. The van der Waals surface area contributed by atoms with Gasteiger partial charge in [0.2, 0.25) is 0 Å². The maximum absolute atomic E-state index is 6.31. The molecule has 0 aliphatic heterocycles. The first-order valence-electron chi connectivity index (χ1n) is 6.77. The van der Waals surface area contributed by atoms with Gasteiger partial charge in [-0.25, -0.2) is 0 Å². The molecule has 100 valence electrons. The van der Waals surface area contributed by atoms with E-state index in [0.29, 0.717) is 6.10 Å². The van der Waals surface area contributed by atoms with Gasteiger partial charge in [-0.15, -0.1) is 0 Å². The lowest BCUT2D eigenvalue weighted by atomic mass is 10.1. The van der Waals surface area contributed by atoms with Crippen LogP contribution >= 0.6 is 31.9 Å². The SMILES string of the molecule is BrCC(OC1CCCCCC1)c1ccccc1Br. The van der Waals surface area contributed by atoms with Gasteiger partial charge in [0.05, 0.1) is 12.2 Å². The van der Waals surface area contributed by atoms with Crippen molar-refractivity contribution >= 4 is 31.9 Å². The van der Waals surface area contributed by atoms with E-state index in [1.54, 1.807) is 0 Å². The summed E-state index contributed by atoms with van der Waals surface area (Å²) in [5, 5.41) is 0.853. The first-order valence-corrected chi connectivity index (χ1v) is 8.68. The quantitative estimate of drug-likeness (QED) is 0.489. The van der Waals surface area contributed by atoms with Crippen molar-refractivity contribution in [1.82, 2.24) is 0 Å². The van der Waals surface area contributed by atoms with Gasteiger partial charge >= 0.3 is 0 Å². The molecular weight excluding hydrogens is 356 g/mol.